The van der Waals surface area contributed by atoms with Crippen LogP contribution in [-0.4, -0.2) is 41.0 Å². The quantitative estimate of drug-likeness (QED) is 0.850. The molecule has 25 heavy (non-hydrogen) atoms. The van der Waals surface area contributed by atoms with Crippen molar-refractivity contribution in [1.29, 1.82) is 0 Å². The van der Waals surface area contributed by atoms with Crippen molar-refractivity contribution in [2.75, 3.05) is 20.2 Å². The predicted molar refractivity (Wildman–Crippen MR) is 87.9 cm³/mol. The number of ether oxygens (including phenoxy) is 1. The summed E-state index contributed by atoms with van der Waals surface area (Å²) >= 11 is 0. The number of carbonyl (C=O) groups is 1. The van der Waals surface area contributed by atoms with Crippen LogP contribution in [0.1, 0.15) is 46.9 Å². The summed E-state index contributed by atoms with van der Waals surface area (Å²) in [5.74, 6) is 0.865. The molecule has 132 valence electrons. The highest BCUT2D eigenvalue weighted by Crippen LogP contribution is 2.29. The minimum Gasteiger partial charge on any atom is -0.497 e. The minimum absolute atomic E-state index is 0.0215. The molecule has 7 heteroatoms. The number of rotatable bonds is 4. The predicted octanol–water partition coefficient (Wildman–Crippen LogP) is 3.44. The van der Waals surface area contributed by atoms with Crippen molar-refractivity contribution in [3.63, 3.8) is 0 Å². The molecule has 0 spiro atoms. The first kappa shape index (κ1) is 17.3. The van der Waals surface area contributed by atoms with Crippen LogP contribution in [0.15, 0.2) is 36.7 Å². The number of methoxy groups -OCH3 is 1. The highest BCUT2D eigenvalue weighted by molar-refractivity contribution is 5.92. The molecule has 1 aliphatic rings. The van der Waals surface area contributed by atoms with E-state index in [9.17, 15) is 13.6 Å². The van der Waals surface area contributed by atoms with Crippen molar-refractivity contribution < 1.29 is 18.3 Å². The van der Waals surface area contributed by atoms with Gasteiger partial charge in [0, 0.05) is 13.1 Å². The highest BCUT2D eigenvalue weighted by atomic mass is 19.3. The lowest BCUT2D eigenvalue weighted by atomic mass is 9.89. The van der Waals surface area contributed by atoms with Gasteiger partial charge in [-0.15, -0.1) is 0 Å². The van der Waals surface area contributed by atoms with Gasteiger partial charge in [-0.3, -0.25) is 4.79 Å². The van der Waals surface area contributed by atoms with Crippen LogP contribution in [0.25, 0.3) is 0 Å². The molecule has 1 aliphatic heterocycles. The van der Waals surface area contributed by atoms with E-state index in [2.05, 4.69) is 9.97 Å². The van der Waals surface area contributed by atoms with Crippen LogP contribution in [0.2, 0.25) is 0 Å². The Morgan fingerprint density at radius 3 is 2.48 bits per heavy atom. The van der Waals surface area contributed by atoms with Crippen LogP contribution in [0, 0.1) is 0 Å². The Labute approximate surface area is 144 Å². The maximum absolute atomic E-state index is 12.7. The second kappa shape index (κ2) is 7.55. The van der Waals surface area contributed by atoms with E-state index in [0.717, 1.165) is 31.0 Å². The molecule has 0 radical (unpaired) electrons. The van der Waals surface area contributed by atoms with Crippen molar-refractivity contribution in [1.82, 2.24) is 14.9 Å². The fourth-order valence-electron chi connectivity index (χ4n) is 3.06. The topological polar surface area (TPSA) is 55.3 Å². The zero-order valence-electron chi connectivity index (χ0n) is 13.9. The van der Waals surface area contributed by atoms with Gasteiger partial charge in [0.1, 0.15) is 23.5 Å². The summed E-state index contributed by atoms with van der Waals surface area (Å²) < 4.78 is 30.6. The van der Waals surface area contributed by atoms with Gasteiger partial charge in [-0.2, -0.15) is 0 Å². The van der Waals surface area contributed by atoms with Gasteiger partial charge in [0.05, 0.1) is 7.11 Å². The molecule has 0 atom stereocenters. The van der Waals surface area contributed by atoms with E-state index in [-0.39, 0.29) is 11.6 Å². The highest BCUT2D eigenvalue weighted by Gasteiger charge is 2.26. The Morgan fingerprint density at radius 2 is 1.88 bits per heavy atom. The van der Waals surface area contributed by atoms with E-state index in [0.29, 0.717) is 19.0 Å². The molecule has 2 aromatic rings. The van der Waals surface area contributed by atoms with Crippen molar-refractivity contribution in [3.05, 3.63) is 53.6 Å². The molecule has 1 amide bonds. The number of carbonyl (C=O) groups excluding carboxylic acids is 1. The molecule has 0 N–H and O–H groups in total. The second-order valence-electron chi connectivity index (χ2n) is 5.97. The fraction of sp³-hybridized carbons (Fsp3) is 0.389. The Balaban J connectivity index is 1.63. The molecule has 0 aliphatic carbocycles. The lowest BCUT2D eigenvalue weighted by molar-refractivity contribution is 0.0706. The molecular formula is C18H19F2N3O2. The molecular weight excluding hydrogens is 328 g/mol. The number of likely N-dealkylation sites (tertiary alicyclic amines) is 1. The smallest absolute Gasteiger partial charge is 0.280 e. The van der Waals surface area contributed by atoms with Gasteiger partial charge in [-0.1, -0.05) is 12.1 Å². The van der Waals surface area contributed by atoms with Crippen LogP contribution in [0.4, 0.5) is 8.78 Å². The third kappa shape index (κ3) is 3.92. The van der Waals surface area contributed by atoms with Crippen molar-refractivity contribution >= 4 is 5.91 Å². The first-order chi connectivity index (χ1) is 12.1. The van der Waals surface area contributed by atoms with Crippen LogP contribution in [0.3, 0.4) is 0 Å². The maximum Gasteiger partial charge on any atom is 0.280 e. The summed E-state index contributed by atoms with van der Waals surface area (Å²) in [6.45, 7) is 1.15. The molecule has 0 unspecified atom stereocenters. The Kier molecular flexibility index (Phi) is 5.21. The summed E-state index contributed by atoms with van der Waals surface area (Å²) in [7, 11) is 1.63. The maximum atomic E-state index is 12.7. The average Bonchev–Trinajstić information content (AvgIpc) is 2.67. The van der Waals surface area contributed by atoms with Crippen LogP contribution < -0.4 is 4.74 Å². The fourth-order valence-corrected chi connectivity index (χ4v) is 3.06. The van der Waals surface area contributed by atoms with E-state index in [4.69, 9.17) is 4.74 Å². The van der Waals surface area contributed by atoms with Gasteiger partial charge in [0.15, 0.2) is 0 Å². The standard InChI is InChI=1S/C18H19F2N3O2/c1-25-14-4-2-12(3-5-14)13-6-8-23(9-7-13)18(24)16-10-15(17(19)20)21-11-22-16/h2-5,10-11,13,17H,6-9H2,1H3. The molecule has 1 aromatic heterocycles. The van der Waals surface area contributed by atoms with E-state index in [1.54, 1.807) is 12.0 Å². The molecule has 0 saturated carbocycles. The monoisotopic (exact) mass is 347 g/mol. The first-order valence-electron chi connectivity index (χ1n) is 8.12. The number of piperidine rings is 1. The molecule has 1 aromatic carbocycles. The summed E-state index contributed by atoms with van der Waals surface area (Å²) in [6, 6.07) is 9.02. The summed E-state index contributed by atoms with van der Waals surface area (Å²) in [5.41, 5.74) is 0.814. The number of hydrogen-bond donors (Lipinski definition) is 0. The van der Waals surface area contributed by atoms with Crippen molar-refractivity contribution in [2.45, 2.75) is 25.2 Å². The number of benzene rings is 1. The second-order valence-corrected chi connectivity index (χ2v) is 5.97. The van der Waals surface area contributed by atoms with E-state index >= 15 is 0 Å². The zero-order chi connectivity index (χ0) is 17.8. The third-order valence-corrected chi connectivity index (χ3v) is 4.50. The molecule has 0 bridgehead atoms. The summed E-state index contributed by atoms with van der Waals surface area (Å²) in [6.07, 6.45) is -0.0514. The van der Waals surface area contributed by atoms with Gasteiger partial charge in [-0.25, -0.2) is 18.7 Å². The molecule has 1 saturated heterocycles. The lowest BCUT2D eigenvalue weighted by Gasteiger charge is -2.32. The van der Waals surface area contributed by atoms with Gasteiger partial charge >= 0.3 is 0 Å². The van der Waals surface area contributed by atoms with Gasteiger partial charge in [0.25, 0.3) is 12.3 Å². The minimum atomic E-state index is -2.71. The number of amides is 1. The van der Waals surface area contributed by atoms with E-state index in [1.807, 2.05) is 24.3 Å². The van der Waals surface area contributed by atoms with E-state index in [1.165, 1.54) is 5.56 Å². The van der Waals surface area contributed by atoms with Crippen molar-refractivity contribution in [2.24, 2.45) is 0 Å². The number of nitrogens with zero attached hydrogens (tertiary/aromatic N) is 3. The molecule has 1 fully saturated rings. The number of halogens is 2. The van der Waals surface area contributed by atoms with Crippen LogP contribution in [0.5, 0.6) is 5.75 Å². The largest absolute Gasteiger partial charge is 0.497 e. The first-order valence-corrected chi connectivity index (χ1v) is 8.12. The summed E-state index contributed by atoms with van der Waals surface area (Å²) in [4.78, 5) is 21.5. The Morgan fingerprint density at radius 1 is 1.20 bits per heavy atom. The number of alkyl halides is 2. The van der Waals surface area contributed by atoms with Gasteiger partial charge in [0.2, 0.25) is 0 Å². The lowest BCUT2D eigenvalue weighted by Crippen LogP contribution is -2.38. The molecule has 5 nitrogen and oxygen atoms in total. The van der Waals surface area contributed by atoms with Gasteiger partial charge in [-0.05, 0) is 42.5 Å². The summed E-state index contributed by atoms with van der Waals surface area (Å²) in [5, 5.41) is 0. The van der Waals surface area contributed by atoms with Crippen LogP contribution >= 0.6 is 0 Å². The average molecular weight is 347 g/mol. The van der Waals surface area contributed by atoms with Gasteiger partial charge < -0.3 is 9.64 Å². The van der Waals surface area contributed by atoms with Crippen LogP contribution in [-0.2, 0) is 0 Å². The Hall–Kier alpha value is -2.57. The van der Waals surface area contributed by atoms with Crippen molar-refractivity contribution in [3.8, 4) is 5.75 Å². The Bertz CT molecular complexity index is 729. The molecule has 3 rings (SSSR count). The zero-order valence-corrected chi connectivity index (χ0v) is 13.9. The third-order valence-electron chi connectivity index (χ3n) is 4.50. The number of hydrogen-bond acceptors (Lipinski definition) is 4. The van der Waals surface area contributed by atoms with E-state index < -0.39 is 12.1 Å². The normalized spacial score (nSPS) is 15.4. The molecule has 2 heterocycles. The number of aromatic nitrogens is 2. The SMILES string of the molecule is COc1ccc(C2CCN(C(=O)c3cc(C(F)F)ncn3)CC2)cc1.